The molecule has 3 heterocycles. The van der Waals surface area contributed by atoms with Crippen LogP contribution in [0.2, 0.25) is 0 Å². The van der Waals surface area contributed by atoms with Gasteiger partial charge in [0.1, 0.15) is 0 Å². The van der Waals surface area contributed by atoms with Gasteiger partial charge < -0.3 is 18.9 Å². The van der Waals surface area contributed by atoms with Crippen LogP contribution in [0.1, 0.15) is 17.5 Å². The SMILES string of the molecule is O=C(Cc1ccc2c(c1)OCO2)N1CCCN1C(=O)Cc1ccc2c(c1)OCO2. The van der Waals surface area contributed by atoms with E-state index >= 15 is 0 Å². The molecule has 2 amide bonds. The number of amides is 2. The zero-order valence-corrected chi connectivity index (χ0v) is 15.8. The van der Waals surface area contributed by atoms with E-state index in [2.05, 4.69) is 0 Å². The Bertz CT molecular complexity index is 898. The molecule has 3 aliphatic heterocycles. The minimum absolute atomic E-state index is 0.111. The Hall–Kier alpha value is -3.42. The van der Waals surface area contributed by atoms with Crippen molar-refractivity contribution in [2.45, 2.75) is 19.3 Å². The number of benzene rings is 2. The maximum Gasteiger partial charge on any atom is 0.245 e. The molecular formula is C21H20N2O6. The van der Waals surface area contributed by atoms with E-state index in [9.17, 15) is 9.59 Å². The third-order valence-electron chi connectivity index (χ3n) is 5.19. The quantitative estimate of drug-likeness (QED) is 0.786. The van der Waals surface area contributed by atoms with Crippen molar-refractivity contribution in [3.8, 4) is 23.0 Å². The van der Waals surface area contributed by atoms with E-state index in [0.717, 1.165) is 17.5 Å². The maximum absolute atomic E-state index is 12.9. The van der Waals surface area contributed by atoms with Crippen molar-refractivity contribution in [2.75, 3.05) is 26.7 Å². The van der Waals surface area contributed by atoms with Crippen LogP contribution in [0.5, 0.6) is 23.0 Å². The Morgan fingerprint density at radius 3 is 1.62 bits per heavy atom. The lowest BCUT2D eigenvalue weighted by atomic mass is 10.1. The highest BCUT2D eigenvalue weighted by Crippen LogP contribution is 2.34. The Morgan fingerprint density at radius 1 is 0.690 bits per heavy atom. The van der Waals surface area contributed by atoms with Crippen LogP contribution in [-0.2, 0) is 22.4 Å². The van der Waals surface area contributed by atoms with Gasteiger partial charge >= 0.3 is 0 Å². The molecule has 1 fully saturated rings. The first-order valence-electron chi connectivity index (χ1n) is 9.55. The number of hydrogen-bond acceptors (Lipinski definition) is 6. The van der Waals surface area contributed by atoms with Crippen molar-refractivity contribution < 1.29 is 28.5 Å². The summed E-state index contributed by atoms with van der Waals surface area (Å²) in [5.41, 5.74) is 1.66. The van der Waals surface area contributed by atoms with Crippen molar-refractivity contribution in [3.63, 3.8) is 0 Å². The van der Waals surface area contributed by atoms with Crippen molar-refractivity contribution in [3.05, 3.63) is 47.5 Å². The Balaban J connectivity index is 1.25. The summed E-state index contributed by atoms with van der Waals surface area (Å²) >= 11 is 0. The topological polar surface area (TPSA) is 77.5 Å². The molecule has 8 heteroatoms. The molecule has 0 atom stereocenters. The number of hydrogen-bond donors (Lipinski definition) is 0. The molecule has 1 saturated heterocycles. The van der Waals surface area contributed by atoms with E-state index in [4.69, 9.17) is 18.9 Å². The van der Waals surface area contributed by atoms with E-state index in [-0.39, 0.29) is 38.2 Å². The summed E-state index contributed by atoms with van der Waals surface area (Å²) in [7, 11) is 0. The molecule has 2 aromatic rings. The summed E-state index contributed by atoms with van der Waals surface area (Å²) in [6.07, 6.45) is 1.16. The fraction of sp³-hybridized carbons (Fsp3) is 0.333. The number of carbonyl (C=O) groups is 2. The molecule has 0 spiro atoms. The molecule has 0 radical (unpaired) electrons. The first kappa shape index (κ1) is 17.7. The highest BCUT2D eigenvalue weighted by molar-refractivity contribution is 5.85. The van der Waals surface area contributed by atoms with Crippen LogP contribution < -0.4 is 18.9 Å². The number of hydrazine groups is 1. The molecule has 150 valence electrons. The normalized spacial score (nSPS) is 16.4. The van der Waals surface area contributed by atoms with Gasteiger partial charge in [-0.1, -0.05) is 12.1 Å². The molecule has 5 rings (SSSR count). The van der Waals surface area contributed by atoms with E-state index in [1.807, 2.05) is 24.3 Å². The first-order valence-corrected chi connectivity index (χ1v) is 9.55. The third kappa shape index (κ3) is 3.41. The standard InChI is InChI=1S/C21H20N2O6/c24-20(10-14-2-4-16-18(8-14)28-12-26-16)22-6-1-7-23(22)21(25)11-15-3-5-17-19(9-15)29-13-27-17/h2-5,8-9H,1,6-7,10-13H2. The first-order chi connectivity index (χ1) is 14.2. The molecule has 2 aromatic carbocycles. The predicted molar refractivity (Wildman–Crippen MR) is 101 cm³/mol. The number of carbonyl (C=O) groups excluding carboxylic acids is 2. The van der Waals surface area contributed by atoms with Gasteiger partial charge in [-0.2, -0.15) is 0 Å². The highest BCUT2D eigenvalue weighted by Gasteiger charge is 2.31. The smallest absolute Gasteiger partial charge is 0.245 e. The lowest BCUT2D eigenvalue weighted by molar-refractivity contribution is -0.157. The Labute approximate surface area is 167 Å². The highest BCUT2D eigenvalue weighted by atomic mass is 16.7. The Kier molecular flexibility index (Phi) is 4.38. The van der Waals surface area contributed by atoms with Crippen LogP contribution in [0.25, 0.3) is 0 Å². The zero-order valence-electron chi connectivity index (χ0n) is 15.8. The number of ether oxygens (including phenoxy) is 4. The average Bonchev–Trinajstić information content (AvgIpc) is 3.46. The van der Waals surface area contributed by atoms with Gasteiger partial charge in [0.15, 0.2) is 23.0 Å². The molecule has 3 aliphatic rings. The maximum atomic E-state index is 12.9. The van der Waals surface area contributed by atoms with Gasteiger partial charge in [-0.05, 0) is 41.8 Å². The second kappa shape index (κ2) is 7.20. The molecule has 0 aliphatic carbocycles. The lowest BCUT2D eigenvalue weighted by Gasteiger charge is -2.28. The summed E-state index contributed by atoms with van der Waals surface area (Å²) in [4.78, 5) is 25.7. The summed E-state index contributed by atoms with van der Waals surface area (Å²) in [6, 6.07) is 10.9. The van der Waals surface area contributed by atoms with E-state index in [1.54, 1.807) is 22.2 Å². The van der Waals surface area contributed by atoms with E-state index in [0.29, 0.717) is 36.1 Å². The van der Waals surface area contributed by atoms with Crippen LogP contribution in [0, 0.1) is 0 Å². The fourth-order valence-corrected chi connectivity index (χ4v) is 3.76. The summed E-state index contributed by atoms with van der Waals surface area (Å²) in [5, 5.41) is 3.11. The largest absolute Gasteiger partial charge is 0.454 e. The van der Waals surface area contributed by atoms with Crippen LogP contribution in [0.4, 0.5) is 0 Å². The van der Waals surface area contributed by atoms with E-state index < -0.39 is 0 Å². The van der Waals surface area contributed by atoms with Crippen molar-refractivity contribution in [1.82, 2.24) is 10.0 Å². The van der Waals surface area contributed by atoms with Crippen LogP contribution in [0.15, 0.2) is 36.4 Å². The predicted octanol–water partition coefficient (Wildman–Crippen LogP) is 1.91. The molecule has 8 nitrogen and oxygen atoms in total. The number of fused-ring (bicyclic) bond motifs is 2. The summed E-state index contributed by atoms with van der Waals surface area (Å²) in [6.45, 7) is 1.47. The molecule has 0 aromatic heterocycles. The van der Waals surface area contributed by atoms with Gasteiger partial charge in [0, 0.05) is 13.1 Å². The minimum Gasteiger partial charge on any atom is -0.454 e. The van der Waals surface area contributed by atoms with E-state index in [1.165, 1.54) is 0 Å². The molecule has 29 heavy (non-hydrogen) atoms. The summed E-state index contributed by atoms with van der Waals surface area (Å²) in [5.74, 6) is 2.44. The van der Waals surface area contributed by atoms with Crippen LogP contribution in [-0.4, -0.2) is 48.5 Å². The molecule has 0 unspecified atom stereocenters. The van der Waals surface area contributed by atoms with Gasteiger partial charge in [0.05, 0.1) is 12.8 Å². The second-order valence-electron chi connectivity index (χ2n) is 7.12. The molecule has 0 saturated carbocycles. The van der Waals surface area contributed by atoms with Gasteiger partial charge in [0.25, 0.3) is 0 Å². The number of rotatable bonds is 4. The molecular weight excluding hydrogens is 376 g/mol. The van der Waals surface area contributed by atoms with Gasteiger partial charge in [-0.15, -0.1) is 0 Å². The van der Waals surface area contributed by atoms with Gasteiger partial charge in [-0.25, -0.2) is 0 Å². The van der Waals surface area contributed by atoms with Gasteiger partial charge in [0.2, 0.25) is 25.4 Å². The van der Waals surface area contributed by atoms with Crippen molar-refractivity contribution in [1.29, 1.82) is 0 Å². The van der Waals surface area contributed by atoms with Gasteiger partial charge in [-0.3, -0.25) is 19.6 Å². The van der Waals surface area contributed by atoms with Crippen LogP contribution in [0.3, 0.4) is 0 Å². The average molecular weight is 396 g/mol. The number of nitrogens with zero attached hydrogens (tertiary/aromatic N) is 2. The molecule has 0 N–H and O–H groups in total. The fourth-order valence-electron chi connectivity index (χ4n) is 3.76. The Morgan fingerprint density at radius 2 is 1.14 bits per heavy atom. The third-order valence-corrected chi connectivity index (χ3v) is 5.19. The minimum atomic E-state index is -0.111. The monoisotopic (exact) mass is 396 g/mol. The van der Waals surface area contributed by atoms with Crippen molar-refractivity contribution in [2.24, 2.45) is 0 Å². The lowest BCUT2D eigenvalue weighted by Crippen LogP contribution is -2.46. The summed E-state index contributed by atoms with van der Waals surface area (Å²) < 4.78 is 21.4. The van der Waals surface area contributed by atoms with Crippen molar-refractivity contribution >= 4 is 11.8 Å². The molecule has 0 bridgehead atoms. The second-order valence-corrected chi connectivity index (χ2v) is 7.12. The zero-order chi connectivity index (χ0) is 19.8. The van der Waals surface area contributed by atoms with Crippen LogP contribution >= 0.6 is 0 Å².